The van der Waals surface area contributed by atoms with Crippen LogP contribution >= 0.6 is 11.9 Å². The van der Waals surface area contributed by atoms with Gasteiger partial charge in [0.1, 0.15) is 0 Å². The first-order chi connectivity index (χ1) is 7.47. The van der Waals surface area contributed by atoms with Crippen molar-refractivity contribution >= 4 is 11.9 Å². The second-order valence-electron chi connectivity index (χ2n) is 6.19. The largest absolute Gasteiger partial charge is 0.317 e. The number of nitrogens with one attached hydrogen (secondary N) is 1. The number of nitrogens with two attached hydrogens (primary N) is 1. The summed E-state index contributed by atoms with van der Waals surface area (Å²) in [5.74, 6) is 0. The molecule has 1 aliphatic carbocycles. The number of rotatable bonds is 0. The highest BCUT2D eigenvalue weighted by Crippen LogP contribution is 2.44. The molecular formula is C13H28N2S. The van der Waals surface area contributed by atoms with Crippen LogP contribution in [0.1, 0.15) is 59.3 Å². The average Bonchev–Trinajstić information content (AvgIpc) is 2.67. The topological polar surface area (TPSA) is 38.0 Å². The monoisotopic (exact) mass is 244 g/mol. The van der Waals surface area contributed by atoms with Crippen LogP contribution in [0.3, 0.4) is 0 Å². The molecule has 3 heteroatoms. The van der Waals surface area contributed by atoms with Crippen LogP contribution in [-0.4, -0.2) is 17.8 Å². The second kappa shape index (κ2) is 6.27. The van der Waals surface area contributed by atoms with Crippen LogP contribution in [0.4, 0.5) is 0 Å². The van der Waals surface area contributed by atoms with Crippen molar-refractivity contribution in [2.24, 2.45) is 10.6 Å². The van der Waals surface area contributed by atoms with Gasteiger partial charge in [0.15, 0.2) is 0 Å². The predicted molar refractivity (Wildman–Crippen MR) is 74.5 cm³/mol. The van der Waals surface area contributed by atoms with Crippen molar-refractivity contribution in [3.63, 3.8) is 0 Å². The van der Waals surface area contributed by atoms with E-state index in [1.807, 2.05) is 0 Å². The molecular weight excluding hydrogens is 216 g/mol. The van der Waals surface area contributed by atoms with E-state index in [-0.39, 0.29) is 4.75 Å². The summed E-state index contributed by atoms with van der Waals surface area (Å²) in [6.45, 7) is 8.80. The van der Waals surface area contributed by atoms with E-state index in [0.717, 1.165) is 5.41 Å². The van der Waals surface area contributed by atoms with Crippen molar-refractivity contribution in [1.82, 2.24) is 5.32 Å². The van der Waals surface area contributed by atoms with Gasteiger partial charge in [0, 0.05) is 4.75 Å². The third-order valence-electron chi connectivity index (χ3n) is 3.68. The van der Waals surface area contributed by atoms with Crippen LogP contribution in [0.5, 0.6) is 0 Å². The van der Waals surface area contributed by atoms with Gasteiger partial charge in [0.25, 0.3) is 0 Å². The van der Waals surface area contributed by atoms with E-state index in [1.165, 1.54) is 63.6 Å². The minimum Gasteiger partial charge on any atom is -0.317 e. The zero-order valence-electron chi connectivity index (χ0n) is 11.1. The first-order valence-electron chi connectivity index (χ1n) is 6.56. The standard InChI is InChI=1S/C9H17N.C4H11NS/c1-2-4-9(3-1)5-7-10-8-6-9;1-4(2,3)6-5/h10H,1-8H2;5H2,1-3H3. The van der Waals surface area contributed by atoms with Crippen molar-refractivity contribution < 1.29 is 0 Å². The second-order valence-corrected chi connectivity index (χ2v) is 7.65. The van der Waals surface area contributed by atoms with Crippen LogP contribution in [0.2, 0.25) is 0 Å². The fourth-order valence-electron chi connectivity index (χ4n) is 2.58. The van der Waals surface area contributed by atoms with Crippen LogP contribution in [0.25, 0.3) is 0 Å². The Morgan fingerprint density at radius 2 is 1.44 bits per heavy atom. The molecule has 1 spiro atoms. The summed E-state index contributed by atoms with van der Waals surface area (Å²) in [7, 11) is 0. The summed E-state index contributed by atoms with van der Waals surface area (Å²) in [5.41, 5.74) is 0.811. The lowest BCUT2D eigenvalue weighted by Gasteiger charge is -2.33. The van der Waals surface area contributed by atoms with Gasteiger partial charge in [-0.15, -0.1) is 0 Å². The van der Waals surface area contributed by atoms with E-state index in [2.05, 4.69) is 26.1 Å². The summed E-state index contributed by atoms with van der Waals surface area (Å²) in [5, 5.41) is 8.66. The Bertz CT molecular complexity index is 185. The first-order valence-corrected chi connectivity index (χ1v) is 7.44. The molecule has 2 aliphatic rings. The zero-order chi connectivity index (χ0) is 12.1. The molecule has 1 heterocycles. The van der Waals surface area contributed by atoms with Gasteiger partial charge in [-0.05, 0) is 65.0 Å². The van der Waals surface area contributed by atoms with Gasteiger partial charge >= 0.3 is 0 Å². The minimum absolute atomic E-state index is 0.236. The number of hydrogen-bond acceptors (Lipinski definition) is 3. The molecule has 2 nitrogen and oxygen atoms in total. The smallest absolute Gasteiger partial charge is 0.0218 e. The van der Waals surface area contributed by atoms with Crippen LogP contribution < -0.4 is 10.5 Å². The van der Waals surface area contributed by atoms with Gasteiger partial charge in [-0.25, -0.2) is 0 Å². The molecule has 96 valence electrons. The summed E-state index contributed by atoms with van der Waals surface area (Å²) < 4.78 is 0.236. The molecule has 1 saturated carbocycles. The van der Waals surface area contributed by atoms with Gasteiger partial charge in [-0.2, -0.15) is 0 Å². The van der Waals surface area contributed by atoms with E-state index in [4.69, 9.17) is 5.14 Å². The molecule has 0 aromatic rings. The van der Waals surface area contributed by atoms with E-state index < -0.39 is 0 Å². The molecule has 0 atom stereocenters. The van der Waals surface area contributed by atoms with Gasteiger partial charge < -0.3 is 5.32 Å². The molecule has 2 fully saturated rings. The normalized spacial score (nSPS) is 24.0. The van der Waals surface area contributed by atoms with E-state index in [0.29, 0.717) is 0 Å². The lowest BCUT2D eigenvalue weighted by molar-refractivity contribution is 0.210. The highest BCUT2D eigenvalue weighted by atomic mass is 32.2. The molecule has 0 bridgehead atoms. The Morgan fingerprint density at radius 3 is 1.81 bits per heavy atom. The summed E-state index contributed by atoms with van der Waals surface area (Å²) in [6.07, 6.45) is 8.95. The van der Waals surface area contributed by atoms with Gasteiger partial charge in [-0.1, -0.05) is 24.8 Å². The molecule has 0 radical (unpaired) electrons. The summed E-state index contributed by atoms with van der Waals surface area (Å²) >= 11 is 1.38. The fourth-order valence-corrected chi connectivity index (χ4v) is 2.58. The van der Waals surface area contributed by atoms with Crippen LogP contribution in [-0.2, 0) is 0 Å². The molecule has 16 heavy (non-hydrogen) atoms. The first kappa shape index (κ1) is 14.3. The Morgan fingerprint density at radius 1 is 1.00 bits per heavy atom. The van der Waals surface area contributed by atoms with Crippen LogP contribution in [0, 0.1) is 5.41 Å². The van der Waals surface area contributed by atoms with Crippen molar-refractivity contribution in [1.29, 1.82) is 0 Å². The highest BCUT2D eigenvalue weighted by molar-refractivity contribution is 7.98. The summed E-state index contributed by atoms with van der Waals surface area (Å²) in [4.78, 5) is 0. The van der Waals surface area contributed by atoms with Crippen LogP contribution in [0.15, 0.2) is 0 Å². The van der Waals surface area contributed by atoms with E-state index >= 15 is 0 Å². The Labute approximate surface area is 105 Å². The van der Waals surface area contributed by atoms with Gasteiger partial charge in [-0.3, -0.25) is 5.14 Å². The van der Waals surface area contributed by atoms with Crippen molar-refractivity contribution in [3.05, 3.63) is 0 Å². The molecule has 0 aromatic carbocycles. The lowest BCUT2D eigenvalue weighted by atomic mass is 9.78. The maximum atomic E-state index is 5.22. The van der Waals surface area contributed by atoms with Crippen molar-refractivity contribution in [3.8, 4) is 0 Å². The fraction of sp³-hybridized carbons (Fsp3) is 1.00. The molecule has 2 rings (SSSR count). The lowest BCUT2D eigenvalue weighted by Crippen LogP contribution is -2.34. The Balaban J connectivity index is 0.000000187. The van der Waals surface area contributed by atoms with Crippen molar-refractivity contribution in [2.45, 2.75) is 64.0 Å². The van der Waals surface area contributed by atoms with Crippen molar-refractivity contribution in [2.75, 3.05) is 13.1 Å². The molecule has 0 unspecified atom stereocenters. The predicted octanol–water partition coefficient (Wildman–Crippen LogP) is 3.32. The zero-order valence-corrected chi connectivity index (χ0v) is 12.0. The number of piperidine rings is 1. The third kappa shape index (κ3) is 5.07. The molecule has 0 aromatic heterocycles. The quantitative estimate of drug-likeness (QED) is 0.642. The molecule has 1 saturated heterocycles. The third-order valence-corrected chi connectivity index (χ3v) is 4.39. The molecule has 3 N–H and O–H groups in total. The average molecular weight is 244 g/mol. The Hall–Kier alpha value is 0.270. The van der Waals surface area contributed by atoms with Gasteiger partial charge in [0.2, 0.25) is 0 Å². The highest BCUT2D eigenvalue weighted by Gasteiger charge is 2.34. The SMILES string of the molecule is C1CCC2(C1)CCNCC2.CC(C)(C)SN. The maximum Gasteiger partial charge on any atom is 0.0218 e. The van der Waals surface area contributed by atoms with E-state index in [9.17, 15) is 0 Å². The maximum absolute atomic E-state index is 5.22. The minimum atomic E-state index is 0.236. The van der Waals surface area contributed by atoms with E-state index in [1.54, 1.807) is 0 Å². The van der Waals surface area contributed by atoms with Gasteiger partial charge in [0.05, 0.1) is 0 Å². The summed E-state index contributed by atoms with van der Waals surface area (Å²) in [6, 6.07) is 0. The molecule has 1 aliphatic heterocycles. The molecule has 0 amide bonds. The number of hydrogen-bond donors (Lipinski definition) is 2. The Kier molecular flexibility index (Phi) is 5.62.